The second-order valence-corrected chi connectivity index (χ2v) is 8.84. The molecule has 0 saturated carbocycles. The standard InChI is InChI=1S/C26H26N8O3/c1-16-9-17(3-4-21(16)37-25-12-24-33-31-15-34(24)14-30-25)32-26-19-10-23(36-18-5-7-27-8-6-18)22(35-2)11-20(19)28-13-29-26/h3-4,9-15,18,27H,5-8H2,1-2H3,(H,28,29,32). The number of anilines is 2. The molecule has 4 heterocycles. The van der Waals surface area contributed by atoms with E-state index in [2.05, 4.69) is 35.8 Å². The molecule has 37 heavy (non-hydrogen) atoms. The van der Waals surface area contributed by atoms with Crippen molar-refractivity contribution < 1.29 is 14.2 Å². The Labute approximate surface area is 212 Å². The number of nitrogens with one attached hydrogen (secondary N) is 2. The molecule has 2 aromatic carbocycles. The fraction of sp³-hybridized carbons (Fsp3) is 0.269. The van der Waals surface area contributed by atoms with E-state index in [1.165, 1.54) is 6.33 Å². The molecule has 0 bridgehead atoms. The van der Waals surface area contributed by atoms with Gasteiger partial charge in [-0.25, -0.2) is 15.0 Å². The Balaban J connectivity index is 1.26. The number of aryl methyl sites for hydroxylation is 1. The molecule has 1 aliphatic rings. The van der Waals surface area contributed by atoms with Crippen LogP contribution in [0.4, 0.5) is 11.5 Å². The molecule has 2 N–H and O–H groups in total. The first-order chi connectivity index (χ1) is 18.2. The van der Waals surface area contributed by atoms with Gasteiger partial charge in [-0.15, -0.1) is 10.2 Å². The second-order valence-electron chi connectivity index (χ2n) is 8.84. The number of nitrogens with zero attached hydrogens (tertiary/aromatic N) is 6. The lowest BCUT2D eigenvalue weighted by molar-refractivity contribution is 0.157. The molecule has 1 aliphatic heterocycles. The number of hydrogen-bond donors (Lipinski definition) is 2. The van der Waals surface area contributed by atoms with E-state index in [0.717, 1.165) is 48.1 Å². The van der Waals surface area contributed by atoms with E-state index in [0.29, 0.717) is 34.6 Å². The van der Waals surface area contributed by atoms with E-state index in [9.17, 15) is 0 Å². The van der Waals surface area contributed by atoms with Gasteiger partial charge in [0.1, 0.15) is 36.7 Å². The molecule has 0 spiro atoms. The van der Waals surface area contributed by atoms with Gasteiger partial charge in [-0.2, -0.15) is 0 Å². The van der Waals surface area contributed by atoms with Crippen LogP contribution in [0.2, 0.25) is 0 Å². The highest BCUT2D eigenvalue weighted by Crippen LogP contribution is 2.36. The molecule has 11 heteroatoms. The average molecular weight is 499 g/mol. The van der Waals surface area contributed by atoms with Gasteiger partial charge in [0.2, 0.25) is 5.88 Å². The molecule has 3 aromatic heterocycles. The lowest BCUT2D eigenvalue weighted by atomic mass is 10.1. The summed E-state index contributed by atoms with van der Waals surface area (Å²) in [6.07, 6.45) is 6.79. The molecular formula is C26H26N8O3. The van der Waals surface area contributed by atoms with E-state index >= 15 is 0 Å². The zero-order valence-corrected chi connectivity index (χ0v) is 20.5. The summed E-state index contributed by atoms with van der Waals surface area (Å²) < 4.78 is 19.6. The molecular weight excluding hydrogens is 472 g/mol. The molecule has 6 rings (SSSR count). The highest BCUT2D eigenvalue weighted by molar-refractivity contribution is 5.93. The van der Waals surface area contributed by atoms with Crippen LogP contribution in [-0.4, -0.2) is 55.9 Å². The van der Waals surface area contributed by atoms with Crippen molar-refractivity contribution in [1.82, 2.24) is 34.9 Å². The summed E-state index contributed by atoms with van der Waals surface area (Å²) in [6, 6.07) is 11.4. The molecule has 0 unspecified atom stereocenters. The first kappa shape index (κ1) is 22.9. The van der Waals surface area contributed by atoms with E-state index in [1.807, 2.05) is 37.3 Å². The van der Waals surface area contributed by atoms with Crippen molar-refractivity contribution in [3.8, 4) is 23.1 Å². The molecule has 0 atom stereocenters. The minimum absolute atomic E-state index is 0.142. The van der Waals surface area contributed by atoms with Crippen LogP contribution in [0.15, 0.2) is 55.4 Å². The van der Waals surface area contributed by atoms with E-state index < -0.39 is 0 Å². The van der Waals surface area contributed by atoms with Crippen LogP contribution in [0.25, 0.3) is 16.6 Å². The van der Waals surface area contributed by atoms with Crippen LogP contribution in [0.5, 0.6) is 23.1 Å². The first-order valence-electron chi connectivity index (χ1n) is 12.1. The number of piperidine rings is 1. The van der Waals surface area contributed by atoms with Crippen molar-refractivity contribution in [1.29, 1.82) is 0 Å². The summed E-state index contributed by atoms with van der Waals surface area (Å²) in [7, 11) is 1.64. The lowest BCUT2D eigenvalue weighted by Crippen LogP contribution is -2.34. The molecule has 1 saturated heterocycles. The fourth-order valence-electron chi connectivity index (χ4n) is 4.37. The molecule has 0 radical (unpaired) electrons. The Morgan fingerprint density at radius 2 is 1.86 bits per heavy atom. The fourth-order valence-corrected chi connectivity index (χ4v) is 4.37. The second kappa shape index (κ2) is 9.86. The van der Waals surface area contributed by atoms with Crippen LogP contribution in [0, 0.1) is 6.92 Å². The number of rotatable bonds is 7. The minimum Gasteiger partial charge on any atom is -0.493 e. The first-order valence-corrected chi connectivity index (χ1v) is 12.1. The number of hydrogen-bond acceptors (Lipinski definition) is 10. The van der Waals surface area contributed by atoms with Crippen LogP contribution in [-0.2, 0) is 0 Å². The summed E-state index contributed by atoms with van der Waals surface area (Å²) in [5.74, 6) is 3.16. The third-order valence-electron chi connectivity index (χ3n) is 6.32. The lowest BCUT2D eigenvalue weighted by Gasteiger charge is -2.25. The van der Waals surface area contributed by atoms with E-state index in [-0.39, 0.29) is 6.10 Å². The van der Waals surface area contributed by atoms with Crippen LogP contribution < -0.4 is 24.8 Å². The summed E-state index contributed by atoms with van der Waals surface area (Å²) >= 11 is 0. The monoisotopic (exact) mass is 498 g/mol. The molecule has 11 nitrogen and oxygen atoms in total. The zero-order valence-electron chi connectivity index (χ0n) is 20.5. The number of aromatic nitrogens is 6. The van der Waals surface area contributed by atoms with Gasteiger partial charge in [-0.3, -0.25) is 4.40 Å². The summed E-state index contributed by atoms with van der Waals surface area (Å²) in [5.41, 5.74) is 3.22. The van der Waals surface area contributed by atoms with Gasteiger partial charge in [0.15, 0.2) is 17.1 Å². The van der Waals surface area contributed by atoms with Crippen LogP contribution in [0.3, 0.4) is 0 Å². The Hall–Kier alpha value is -4.51. The predicted molar refractivity (Wildman–Crippen MR) is 138 cm³/mol. The van der Waals surface area contributed by atoms with Gasteiger partial charge < -0.3 is 24.8 Å². The van der Waals surface area contributed by atoms with Gasteiger partial charge >= 0.3 is 0 Å². The molecule has 0 aliphatic carbocycles. The zero-order chi connectivity index (χ0) is 25.2. The predicted octanol–water partition coefficient (Wildman–Crippen LogP) is 4.05. The van der Waals surface area contributed by atoms with Crippen molar-refractivity contribution in [3.63, 3.8) is 0 Å². The van der Waals surface area contributed by atoms with Crippen molar-refractivity contribution >= 4 is 28.1 Å². The minimum atomic E-state index is 0.142. The molecule has 0 amide bonds. The Morgan fingerprint density at radius 3 is 2.70 bits per heavy atom. The van der Waals surface area contributed by atoms with Crippen molar-refractivity contribution in [3.05, 3.63) is 60.9 Å². The maximum Gasteiger partial charge on any atom is 0.224 e. The van der Waals surface area contributed by atoms with Gasteiger partial charge in [0.05, 0.1) is 12.6 Å². The number of benzene rings is 2. The van der Waals surface area contributed by atoms with E-state index in [4.69, 9.17) is 14.2 Å². The molecule has 188 valence electrons. The maximum absolute atomic E-state index is 6.32. The SMILES string of the molecule is COc1cc2ncnc(Nc3ccc(Oc4cc5nncn5cn4)c(C)c3)c2cc1OC1CCNCC1. The van der Waals surface area contributed by atoms with Crippen molar-refractivity contribution in [2.75, 3.05) is 25.5 Å². The van der Waals surface area contributed by atoms with Gasteiger partial charge in [-0.1, -0.05) is 0 Å². The van der Waals surface area contributed by atoms with Gasteiger partial charge in [-0.05, 0) is 62.7 Å². The normalized spacial score (nSPS) is 14.1. The highest BCUT2D eigenvalue weighted by atomic mass is 16.5. The smallest absolute Gasteiger partial charge is 0.224 e. The highest BCUT2D eigenvalue weighted by Gasteiger charge is 2.19. The third kappa shape index (κ3) is 4.81. The average Bonchev–Trinajstić information content (AvgIpc) is 3.39. The molecule has 5 aromatic rings. The van der Waals surface area contributed by atoms with Crippen LogP contribution >= 0.6 is 0 Å². The quantitative estimate of drug-likeness (QED) is 0.340. The summed E-state index contributed by atoms with van der Waals surface area (Å²) in [6.45, 7) is 3.87. The van der Waals surface area contributed by atoms with Crippen molar-refractivity contribution in [2.24, 2.45) is 0 Å². The maximum atomic E-state index is 6.32. The van der Waals surface area contributed by atoms with E-state index in [1.54, 1.807) is 30.2 Å². The Morgan fingerprint density at radius 1 is 0.973 bits per heavy atom. The summed E-state index contributed by atoms with van der Waals surface area (Å²) in [5, 5.41) is 15.5. The number of methoxy groups -OCH3 is 1. The summed E-state index contributed by atoms with van der Waals surface area (Å²) in [4.78, 5) is 13.3. The topological polar surface area (TPSA) is 121 Å². The van der Waals surface area contributed by atoms with Crippen molar-refractivity contribution in [2.45, 2.75) is 25.9 Å². The number of ether oxygens (including phenoxy) is 3. The number of fused-ring (bicyclic) bond motifs is 2. The third-order valence-corrected chi connectivity index (χ3v) is 6.32. The van der Waals surface area contributed by atoms with Gasteiger partial charge in [0, 0.05) is 23.2 Å². The Bertz CT molecular complexity index is 1560. The largest absolute Gasteiger partial charge is 0.493 e. The van der Waals surface area contributed by atoms with Gasteiger partial charge in [0.25, 0.3) is 0 Å². The molecule has 1 fully saturated rings. The van der Waals surface area contributed by atoms with Crippen LogP contribution in [0.1, 0.15) is 18.4 Å². The Kier molecular flexibility index (Phi) is 6.11.